The highest BCUT2D eigenvalue weighted by atomic mass is 35.5. The minimum absolute atomic E-state index is 0.0774. The number of aliphatic hydroxyl groups excluding tert-OH is 1. The van der Waals surface area contributed by atoms with Gasteiger partial charge in [0.05, 0.1) is 21.5 Å². The van der Waals surface area contributed by atoms with E-state index in [2.05, 4.69) is 10.2 Å². The molecule has 0 saturated heterocycles. The van der Waals surface area contributed by atoms with E-state index in [0.717, 1.165) is 23.6 Å². The lowest BCUT2D eigenvalue weighted by Gasteiger charge is -2.21. The molecule has 0 aliphatic heterocycles. The van der Waals surface area contributed by atoms with Gasteiger partial charge in [-0.25, -0.2) is 13.6 Å². The van der Waals surface area contributed by atoms with E-state index in [1.807, 2.05) is 0 Å². The molecule has 0 radical (unpaired) electrons. The second-order valence-corrected chi connectivity index (χ2v) is 8.18. The van der Waals surface area contributed by atoms with Crippen molar-refractivity contribution in [3.8, 4) is 16.9 Å². The van der Waals surface area contributed by atoms with Gasteiger partial charge in [0.1, 0.15) is 35.7 Å². The number of hydrogen-bond donors (Lipinski definition) is 1. The molecule has 0 aliphatic rings. The van der Waals surface area contributed by atoms with Crippen LogP contribution in [0.25, 0.3) is 27.8 Å². The van der Waals surface area contributed by atoms with Crippen molar-refractivity contribution >= 4 is 22.5 Å². The van der Waals surface area contributed by atoms with Crippen LogP contribution in [0.2, 0.25) is 5.02 Å². The Morgan fingerprint density at radius 1 is 1.11 bits per heavy atom. The van der Waals surface area contributed by atoms with Crippen LogP contribution in [-0.2, 0) is 13.2 Å². The van der Waals surface area contributed by atoms with Crippen LogP contribution < -0.4 is 11.1 Å². The predicted octanol–water partition coefficient (Wildman–Crippen LogP) is 3.98. The number of hydrogen-bond acceptors (Lipinski definition) is 5. The Balaban J connectivity index is 2.13. The SMILES string of the molecule is CCn1c(CO)nn(-c2cc3c(cc2F)c(=O)c(-c2c(F)cccc2Cl)nn3C(C)C(F)(F)F)c1=O. The van der Waals surface area contributed by atoms with Gasteiger partial charge < -0.3 is 5.11 Å². The van der Waals surface area contributed by atoms with Crippen molar-refractivity contribution < 1.29 is 27.1 Å². The van der Waals surface area contributed by atoms with Gasteiger partial charge in [-0.15, -0.1) is 5.10 Å². The molecule has 0 fully saturated rings. The summed E-state index contributed by atoms with van der Waals surface area (Å²) in [6, 6.07) is 2.51. The molecule has 4 rings (SSSR count). The van der Waals surface area contributed by atoms with Gasteiger partial charge in [-0.05, 0) is 38.1 Å². The maximum atomic E-state index is 15.2. The molecule has 1 unspecified atom stereocenters. The molecule has 4 aromatic rings. The molecular weight excluding hydrogens is 513 g/mol. The molecular formula is C22H17ClF5N5O3. The Hall–Kier alpha value is -3.58. The first-order chi connectivity index (χ1) is 16.9. The number of benzene rings is 2. The smallest absolute Gasteiger partial charge is 0.388 e. The van der Waals surface area contributed by atoms with Gasteiger partial charge in [0, 0.05) is 6.54 Å². The van der Waals surface area contributed by atoms with Gasteiger partial charge in [0.25, 0.3) is 0 Å². The summed E-state index contributed by atoms with van der Waals surface area (Å²) in [6.07, 6.45) is -4.87. The molecule has 1 atom stereocenters. The summed E-state index contributed by atoms with van der Waals surface area (Å²) in [5, 5.41) is 16.3. The van der Waals surface area contributed by atoms with E-state index in [1.165, 1.54) is 12.1 Å². The van der Waals surface area contributed by atoms with Crippen molar-refractivity contribution in [2.24, 2.45) is 0 Å². The van der Waals surface area contributed by atoms with E-state index < -0.39 is 69.4 Å². The lowest BCUT2D eigenvalue weighted by atomic mass is 10.1. The average Bonchev–Trinajstić information content (AvgIpc) is 3.14. The molecule has 14 heteroatoms. The fraction of sp³-hybridized carbons (Fsp3) is 0.273. The van der Waals surface area contributed by atoms with Crippen LogP contribution in [0.4, 0.5) is 22.0 Å². The van der Waals surface area contributed by atoms with Crippen molar-refractivity contribution in [3.05, 3.63) is 73.5 Å². The van der Waals surface area contributed by atoms with E-state index >= 15 is 4.39 Å². The van der Waals surface area contributed by atoms with Crippen LogP contribution in [0.3, 0.4) is 0 Å². The highest BCUT2D eigenvalue weighted by Crippen LogP contribution is 2.34. The number of rotatable bonds is 5. The molecule has 1 N–H and O–H groups in total. The molecule has 2 heterocycles. The molecule has 0 aliphatic carbocycles. The molecule has 2 aromatic heterocycles. The first kappa shape index (κ1) is 25.5. The lowest BCUT2D eigenvalue weighted by molar-refractivity contribution is -0.164. The lowest BCUT2D eigenvalue weighted by Crippen LogP contribution is -2.29. The van der Waals surface area contributed by atoms with Crippen molar-refractivity contribution in [1.29, 1.82) is 0 Å². The summed E-state index contributed by atoms with van der Waals surface area (Å²) in [6.45, 7) is 1.74. The molecule has 0 spiro atoms. The number of aromatic nitrogens is 5. The van der Waals surface area contributed by atoms with Gasteiger partial charge in [-0.3, -0.25) is 14.0 Å². The number of nitrogens with zero attached hydrogens (tertiary/aromatic N) is 5. The van der Waals surface area contributed by atoms with Gasteiger partial charge in [0.2, 0.25) is 5.43 Å². The number of halogens is 6. The molecule has 190 valence electrons. The zero-order chi connectivity index (χ0) is 26.5. The van der Waals surface area contributed by atoms with Crippen LogP contribution in [0, 0.1) is 11.6 Å². The van der Waals surface area contributed by atoms with Gasteiger partial charge in [0.15, 0.2) is 5.82 Å². The second-order valence-electron chi connectivity index (χ2n) is 7.77. The molecule has 0 saturated carbocycles. The first-order valence-electron chi connectivity index (χ1n) is 10.5. The van der Waals surface area contributed by atoms with Gasteiger partial charge in [-0.1, -0.05) is 17.7 Å². The van der Waals surface area contributed by atoms with E-state index in [9.17, 15) is 32.3 Å². The van der Waals surface area contributed by atoms with Crippen molar-refractivity contribution in [2.45, 2.75) is 39.2 Å². The van der Waals surface area contributed by atoms with Gasteiger partial charge in [-0.2, -0.15) is 23.0 Å². The summed E-state index contributed by atoms with van der Waals surface area (Å²) in [5.41, 5.74) is -4.28. The molecule has 36 heavy (non-hydrogen) atoms. The number of fused-ring (bicyclic) bond motifs is 1. The molecule has 8 nitrogen and oxygen atoms in total. The average molecular weight is 530 g/mol. The summed E-state index contributed by atoms with van der Waals surface area (Å²) >= 11 is 6.01. The Morgan fingerprint density at radius 3 is 2.36 bits per heavy atom. The Kier molecular flexibility index (Phi) is 6.47. The third-order valence-electron chi connectivity index (χ3n) is 5.64. The third-order valence-corrected chi connectivity index (χ3v) is 5.96. The Bertz CT molecular complexity index is 1590. The normalized spacial score (nSPS) is 12.9. The largest absolute Gasteiger partial charge is 0.410 e. The fourth-order valence-electron chi connectivity index (χ4n) is 3.77. The minimum atomic E-state index is -4.87. The Morgan fingerprint density at radius 2 is 1.81 bits per heavy atom. The summed E-state index contributed by atoms with van der Waals surface area (Å²) in [5.74, 6) is -2.29. The predicted molar refractivity (Wildman–Crippen MR) is 120 cm³/mol. The monoisotopic (exact) mass is 529 g/mol. The summed E-state index contributed by atoms with van der Waals surface area (Å²) < 4.78 is 73.1. The molecule has 2 aromatic carbocycles. The fourth-order valence-corrected chi connectivity index (χ4v) is 4.02. The number of alkyl halides is 3. The second kappa shape index (κ2) is 9.13. The maximum absolute atomic E-state index is 15.2. The van der Waals surface area contributed by atoms with E-state index in [-0.39, 0.29) is 17.4 Å². The molecule has 0 bridgehead atoms. The topological polar surface area (TPSA) is 94.9 Å². The summed E-state index contributed by atoms with van der Waals surface area (Å²) in [7, 11) is 0. The highest BCUT2D eigenvalue weighted by Gasteiger charge is 2.39. The van der Waals surface area contributed by atoms with E-state index in [1.54, 1.807) is 6.92 Å². The van der Waals surface area contributed by atoms with Crippen LogP contribution in [-0.4, -0.2) is 35.4 Å². The van der Waals surface area contributed by atoms with E-state index in [0.29, 0.717) is 15.4 Å². The van der Waals surface area contributed by atoms with E-state index in [4.69, 9.17) is 11.6 Å². The van der Waals surface area contributed by atoms with Crippen LogP contribution in [0.15, 0.2) is 39.9 Å². The van der Waals surface area contributed by atoms with Crippen LogP contribution >= 0.6 is 11.6 Å². The third kappa shape index (κ3) is 4.07. The highest BCUT2D eigenvalue weighted by molar-refractivity contribution is 6.33. The number of aliphatic hydroxyl groups is 1. The zero-order valence-electron chi connectivity index (χ0n) is 18.6. The Labute approximate surface area is 203 Å². The van der Waals surface area contributed by atoms with Crippen molar-refractivity contribution in [3.63, 3.8) is 0 Å². The quantitative estimate of drug-likeness (QED) is 0.395. The minimum Gasteiger partial charge on any atom is -0.388 e. The summed E-state index contributed by atoms with van der Waals surface area (Å²) in [4.78, 5) is 25.9. The van der Waals surface area contributed by atoms with Crippen LogP contribution in [0.5, 0.6) is 0 Å². The van der Waals surface area contributed by atoms with Crippen molar-refractivity contribution in [2.75, 3.05) is 0 Å². The maximum Gasteiger partial charge on any atom is 0.410 e. The molecule has 0 amide bonds. The standard InChI is InChI=1S/C22H17ClF5N5O3/c1-3-31-17(9-34)29-33(21(31)36)16-8-15-11(7-14(16)25)20(35)19(18-12(23)5-4-6-13(18)24)30-32(15)10(2)22(26,27)28/h4-8,10,34H,3,9H2,1-2H3. The van der Waals surface area contributed by atoms with Crippen molar-refractivity contribution in [1.82, 2.24) is 24.1 Å². The van der Waals surface area contributed by atoms with Crippen LogP contribution in [0.1, 0.15) is 25.7 Å². The zero-order valence-corrected chi connectivity index (χ0v) is 19.4. The first-order valence-corrected chi connectivity index (χ1v) is 10.9. The van der Waals surface area contributed by atoms with Gasteiger partial charge >= 0.3 is 11.9 Å².